The molecule has 6 aliphatic rings. The summed E-state index contributed by atoms with van der Waals surface area (Å²) < 4.78 is 0. The molecule has 2 unspecified atom stereocenters. The molecular formula is C23H28N2O3. The van der Waals surface area contributed by atoms with Gasteiger partial charge in [0.05, 0.1) is 17.0 Å². The van der Waals surface area contributed by atoms with E-state index in [-0.39, 0.29) is 5.41 Å². The van der Waals surface area contributed by atoms with Crippen molar-refractivity contribution in [3.8, 4) is 0 Å². The first-order chi connectivity index (χ1) is 13.5. The smallest absolute Gasteiger partial charge is 0.335 e. The minimum absolute atomic E-state index is 0.0352. The Morgan fingerprint density at radius 3 is 2.07 bits per heavy atom. The van der Waals surface area contributed by atoms with Crippen molar-refractivity contribution in [1.29, 1.82) is 0 Å². The van der Waals surface area contributed by atoms with Crippen LogP contribution < -0.4 is 4.90 Å². The standard InChI is InChI=1S/C23H28N2O3/c26-21(27)17-1-3-19(4-2-17)25-12-18-11-24(13-20(18)25)22(28)23-8-14-5-15(9-23)7-16(6-14)10-23/h1-4,14-16,18,20H,5-13H2,(H,26,27). The van der Waals surface area contributed by atoms with Gasteiger partial charge in [0.15, 0.2) is 0 Å². The predicted octanol–water partition coefficient (Wildman–Crippen LogP) is 3.25. The molecule has 1 aromatic rings. The summed E-state index contributed by atoms with van der Waals surface area (Å²) in [6.07, 6.45) is 7.55. The van der Waals surface area contributed by atoms with Crippen LogP contribution in [0.2, 0.25) is 0 Å². The molecule has 2 heterocycles. The number of fused-ring (bicyclic) bond motifs is 1. The predicted molar refractivity (Wildman–Crippen MR) is 105 cm³/mol. The molecule has 5 nitrogen and oxygen atoms in total. The average molecular weight is 380 g/mol. The van der Waals surface area contributed by atoms with Crippen molar-refractivity contribution in [3.63, 3.8) is 0 Å². The summed E-state index contributed by atoms with van der Waals surface area (Å²) in [6, 6.07) is 7.57. The van der Waals surface area contributed by atoms with Gasteiger partial charge in [-0.2, -0.15) is 0 Å². The molecule has 0 spiro atoms. The molecule has 2 saturated heterocycles. The molecule has 1 N–H and O–H groups in total. The highest BCUT2D eigenvalue weighted by molar-refractivity contribution is 5.88. The highest BCUT2D eigenvalue weighted by Crippen LogP contribution is 2.60. The number of hydrogen-bond donors (Lipinski definition) is 1. The fraction of sp³-hybridized carbons (Fsp3) is 0.652. The van der Waals surface area contributed by atoms with Crippen molar-refractivity contribution in [2.24, 2.45) is 29.1 Å². The van der Waals surface area contributed by atoms with E-state index in [0.29, 0.717) is 23.4 Å². The Labute approximate surface area is 165 Å². The molecule has 4 bridgehead atoms. The van der Waals surface area contributed by atoms with Crippen LogP contribution in [0.15, 0.2) is 24.3 Å². The maximum Gasteiger partial charge on any atom is 0.335 e. The maximum absolute atomic E-state index is 13.6. The van der Waals surface area contributed by atoms with Crippen LogP contribution in [0.5, 0.6) is 0 Å². The Balaban J connectivity index is 1.17. The van der Waals surface area contributed by atoms with Gasteiger partial charge < -0.3 is 14.9 Å². The monoisotopic (exact) mass is 380 g/mol. The van der Waals surface area contributed by atoms with Crippen molar-refractivity contribution < 1.29 is 14.7 Å². The first-order valence-electron chi connectivity index (χ1n) is 10.9. The number of rotatable bonds is 3. The summed E-state index contributed by atoms with van der Waals surface area (Å²) in [5, 5.41) is 9.09. The second-order valence-corrected chi connectivity index (χ2v) is 10.2. The molecule has 4 aliphatic carbocycles. The lowest BCUT2D eigenvalue weighted by Gasteiger charge is -2.56. The highest BCUT2D eigenvalue weighted by Gasteiger charge is 2.57. The Kier molecular flexibility index (Phi) is 3.46. The van der Waals surface area contributed by atoms with E-state index in [1.165, 1.54) is 19.3 Å². The third kappa shape index (κ3) is 2.37. The van der Waals surface area contributed by atoms with Gasteiger partial charge in [-0.1, -0.05) is 0 Å². The summed E-state index contributed by atoms with van der Waals surface area (Å²) in [5.41, 5.74) is 1.37. The first-order valence-corrected chi connectivity index (χ1v) is 10.9. The molecule has 0 aromatic heterocycles. The Bertz CT molecular complexity index is 797. The Morgan fingerprint density at radius 1 is 0.893 bits per heavy atom. The van der Waals surface area contributed by atoms with Gasteiger partial charge in [-0.15, -0.1) is 0 Å². The lowest BCUT2D eigenvalue weighted by Crippen LogP contribution is -2.56. The molecule has 2 atom stereocenters. The number of hydrogen-bond acceptors (Lipinski definition) is 3. The van der Waals surface area contributed by atoms with Crippen LogP contribution in [0.3, 0.4) is 0 Å². The molecule has 28 heavy (non-hydrogen) atoms. The molecule has 5 heteroatoms. The fourth-order valence-electron chi connectivity index (χ4n) is 7.60. The third-order valence-corrected chi connectivity index (χ3v) is 8.46. The Morgan fingerprint density at radius 2 is 1.50 bits per heavy atom. The highest BCUT2D eigenvalue weighted by atomic mass is 16.4. The van der Waals surface area contributed by atoms with E-state index in [0.717, 1.165) is 62.3 Å². The molecule has 1 amide bonds. The van der Waals surface area contributed by atoms with E-state index in [9.17, 15) is 9.59 Å². The van der Waals surface area contributed by atoms with Crippen molar-refractivity contribution in [2.45, 2.75) is 44.6 Å². The molecule has 148 valence electrons. The molecule has 4 saturated carbocycles. The van der Waals surface area contributed by atoms with E-state index in [1.807, 2.05) is 12.1 Å². The van der Waals surface area contributed by atoms with Crippen molar-refractivity contribution in [2.75, 3.05) is 24.5 Å². The zero-order valence-corrected chi connectivity index (χ0v) is 16.2. The second kappa shape index (κ2) is 5.74. The first kappa shape index (κ1) is 16.9. The van der Waals surface area contributed by atoms with Crippen LogP contribution in [-0.2, 0) is 4.79 Å². The molecule has 1 aromatic carbocycles. The van der Waals surface area contributed by atoms with Gasteiger partial charge in [0.1, 0.15) is 0 Å². The maximum atomic E-state index is 13.6. The summed E-state index contributed by atoms with van der Waals surface area (Å²) in [4.78, 5) is 29.2. The largest absolute Gasteiger partial charge is 0.478 e. The zero-order valence-electron chi connectivity index (χ0n) is 16.2. The summed E-state index contributed by atoms with van der Waals surface area (Å²) in [5.74, 6) is 2.55. The minimum atomic E-state index is -0.888. The fourth-order valence-corrected chi connectivity index (χ4v) is 7.60. The summed E-state index contributed by atoms with van der Waals surface area (Å²) >= 11 is 0. The van der Waals surface area contributed by atoms with Gasteiger partial charge in [0.2, 0.25) is 5.91 Å². The number of amides is 1. The number of likely N-dealkylation sites (tertiary alicyclic amines) is 1. The molecule has 0 radical (unpaired) electrons. The topological polar surface area (TPSA) is 60.9 Å². The molecule has 6 fully saturated rings. The van der Waals surface area contributed by atoms with Gasteiger partial charge in [-0.05, 0) is 80.5 Å². The SMILES string of the molecule is O=C(O)c1ccc(N2CC3CN(C(=O)C45CC6CC(CC(C6)C4)C5)CC32)cc1. The van der Waals surface area contributed by atoms with Crippen molar-refractivity contribution >= 4 is 17.6 Å². The van der Waals surface area contributed by atoms with Crippen LogP contribution in [0.1, 0.15) is 48.9 Å². The van der Waals surface area contributed by atoms with Crippen molar-refractivity contribution in [1.82, 2.24) is 4.90 Å². The van der Waals surface area contributed by atoms with E-state index in [1.54, 1.807) is 12.1 Å². The number of nitrogens with zero attached hydrogens (tertiary/aromatic N) is 2. The molecular weight excluding hydrogens is 352 g/mol. The number of carboxylic acid groups (broad SMARTS) is 1. The van der Waals surface area contributed by atoms with Crippen LogP contribution in [0, 0.1) is 29.1 Å². The summed E-state index contributed by atoms with van der Waals surface area (Å²) in [6.45, 7) is 2.72. The van der Waals surface area contributed by atoms with Gasteiger partial charge >= 0.3 is 5.97 Å². The normalized spacial score (nSPS) is 40.4. The third-order valence-electron chi connectivity index (χ3n) is 8.46. The molecule has 2 aliphatic heterocycles. The van der Waals surface area contributed by atoms with Crippen LogP contribution in [0.25, 0.3) is 0 Å². The number of carbonyl (C=O) groups excluding carboxylic acids is 1. The van der Waals surface area contributed by atoms with E-state index < -0.39 is 5.97 Å². The van der Waals surface area contributed by atoms with E-state index >= 15 is 0 Å². The van der Waals surface area contributed by atoms with Crippen LogP contribution in [-0.4, -0.2) is 47.6 Å². The van der Waals surface area contributed by atoms with E-state index in [2.05, 4.69) is 9.80 Å². The van der Waals surface area contributed by atoms with Gasteiger partial charge in [0.25, 0.3) is 0 Å². The quantitative estimate of drug-likeness (QED) is 0.874. The van der Waals surface area contributed by atoms with Gasteiger partial charge in [-0.25, -0.2) is 4.79 Å². The minimum Gasteiger partial charge on any atom is -0.478 e. The lowest BCUT2D eigenvalue weighted by atomic mass is 9.49. The number of aromatic carboxylic acids is 1. The number of anilines is 1. The molecule has 7 rings (SSSR count). The number of carboxylic acids is 1. The lowest BCUT2D eigenvalue weighted by molar-refractivity contribution is -0.156. The van der Waals surface area contributed by atoms with Gasteiger partial charge in [-0.3, -0.25) is 4.79 Å². The van der Waals surface area contributed by atoms with Crippen molar-refractivity contribution in [3.05, 3.63) is 29.8 Å². The Hall–Kier alpha value is -2.04. The van der Waals surface area contributed by atoms with E-state index in [4.69, 9.17) is 5.11 Å². The number of carbonyl (C=O) groups is 2. The average Bonchev–Trinajstić information content (AvgIpc) is 2.97. The number of benzene rings is 1. The summed E-state index contributed by atoms with van der Waals surface area (Å²) in [7, 11) is 0. The zero-order chi connectivity index (χ0) is 19.0. The second-order valence-electron chi connectivity index (χ2n) is 10.2. The van der Waals surface area contributed by atoms with Crippen LogP contribution in [0.4, 0.5) is 5.69 Å². The van der Waals surface area contributed by atoms with Gasteiger partial charge in [0, 0.05) is 31.2 Å². The van der Waals surface area contributed by atoms with Crippen LogP contribution >= 0.6 is 0 Å².